The van der Waals surface area contributed by atoms with Crippen LogP contribution in [0.2, 0.25) is 0 Å². The third-order valence-corrected chi connectivity index (χ3v) is 4.42. The summed E-state index contributed by atoms with van der Waals surface area (Å²) in [6, 6.07) is 0. The molecule has 25 heavy (non-hydrogen) atoms. The van der Waals surface area contributed by atoms with Crippen molar-refractivity contribution < 1.29 is 13.2 Å². The van der Waals surface area contributed by atoms with Gasteiger partial charge >= 0.3 is 6.18 Å². The van der Waals surface area contributed by atoms with E-state index in [0.29, 0.717) is 0 Å². The Kier molecular flexibility index (Phi) is 7.65. The molecule has 0 atom stereocenters. The van der Waals surface area contributed by atoms with Crippen LogP contribution in [-0.4, -0.2) is 19.4 Å². The molecule has 0 saturated heterocycles. The Morgan fingerprint density at radius 1 is 1.16 bits per heavy atom. The zero-order chi connectivity index (χ0) is 19.1. The molecule has 0 aromatic heterocycles. The van der Waals surface area contributed by atoms with Crippen LogP contribution in [0.4, 0.5) is 13.2 Å². The SMILES string of the molecule is CN=C/C=C(C)/C=C/C=C(/C=C/C1=C(C)CCCC1(C)C)C(F)(F)F. The Labute approximate surface area is 149 Å². The summed E-state index contributed by atoms with van der Waals surface area (Å²) >= 11 is 0. The van der Waals surface area contributed by atoms with Crippen LogP contribution in [0, 0.1) is 5.41 Å². The van der Waals surface area contributed by atoms with Crippen LogP contribution in [0.25, 0.3) is 0 Å². The summed E-state index contributed by atoms with van der Waals surface area (Å²) in [5.74, 6) is 0. The van der Waals surface area contributed by atoms with Crippen LogP contribution in [0.5, 0.6) is 0 Å². The van der Waals surface area contributed by atoms with Crippen molar-refractivity contribution in [1.82, 2.24) is 0 Å². The molecule has 0 heterocycles. The summed E-state index contributed by atoms with van der Waals surface area (Å²) in [6.45, 7) is 8.01. The molecule has 0 bridgehead atoms. The summed E-state index contributed by atoms with van der Waals surface area (Å²) in [6.07, 6.45) is 9.03. The van der Waals surface area contributed by atoms with Gasteiger partial charge in [0, 0.05) is 13.3 Å². The minimum absolute atomic E-state index is 0.0792. The molecule has 0 amide bonds. The van der Waals surface area contributed by atoms with Gasteiger partial charge in [-0.2, -0.15) is 13.2 Å². The maximum atomic E-state index is 13.3. The Bertz CT molecular complexity index is 639. The molecule has 4 heteroatoms. The van der Waals surface area contributed by atoms with Crippen LogP contribution < -0.4 is 0 Å². The van der Waals surface area contributed by atoms with Gasteiger partial charge in [0.15, 0.2) is 0 Å². The van der Waals surface area contributed by atoms with Crippen molar-refractivity contribution in [2.45, 2.75) is 53.1 Å². The molecule has 1 aliphatic rings. The summed E-state index contributed by atoms with van der Waals surface area (Å²) in [5.41, 5.74) is 2.31. The van der Waals surface area contributed by atoms with Gasteiger partial charge in [-0.3, -0.25) is 4.99 Å². The molecule has 0 unspecified atom stereocenters. The van der Waals surface area contributed by atoms with E-state index in [-0.39, 0.29) is 5.41 Å². The first-order valence-electron chi connectivity index (χ1n) is 8.51. The van der Waals surface area contributed by atoms with E-state index in [4.69, 9.17) is 0 Å². The van der Waals surface area contributed by atoms with Gasteiger partial charge in [-0.15, -0.1) is 0 Å². The lowest BCUT2D eigenvalue weighted by Gasteiger charge is -2.33. The second-order valence-corrected chi connectivity index (χ2v) is 7.06. The van der Waals surface area contributed by atoms with E-state index >= 15 is 0 Å². The van der Waals surface area contributed by atoms with E-state index in [9.17, 15) is 13.2 Å². The molecule has 138 valence electrons. The fourth-order valence-corrected chi connectivity index (χ4v) is 2.98. The van der Waals surface area contributed by atoms with Crippen LogP contribution in [0.15, 0.2) is 63.7 Å². The molecule has 1 aliphatic carbocycles. The lowest BCUT2D eigenvalue weighted by Crippen LogP contribution is -2.19. The molecule has 1 rings (SSSR count). The van der Waals surface area contributed by atoms with Crippen molar-refractivity contribution in [1.29, 1.82) is 0 Å². The molecular weight excluding hydrogens is 323 g/mol. The summed E-state index contributed by atoms with van der Waals surface area (Å²) < 4.78 is 39.9. The number of hydrogen-bond acceptors (Lipinski definition) is 1. The minimum Gasteiger partial charge on any atom is -0.297 e. The van der Waals surface area contributed by atoms with Gasteiger partial charge in [0.1, 0.15) is 0 Å². The topological polar surface area (TPSA) is 12.4 Å². The number of nitrogens with zero attached hydrogens (tertiary/aromatic N) is 1. The Morgan fingerprint density at radius 3 is 2.40 bits per heavy atom. The van der Waals surface area contributed by atoms with Crippen molar-refractivity contribution in [3.8, 4) is 0 Å². The fraction of sp³-hybridized carbons (Fsp3) is 0.476. The molecule has 0 aliphatic heterocycles. The Hall–Kier alpha value is -1.84. The maximum absolute atomic E-state index is 13.3. The predicted octanol–water partition coefficient (Wildman–Crippen LogP) is 6.76. The van der Waals surface area contributed by atoms with Crippen molar-refractivity contribution in [3.63, 3.8) is 0 Å². The van der Waals surface area contributed by atoms with Crippen LogP contribution in [-0.2, 0) is 0 Å². The maximum Gasteiger partial charge on any atom is 0.416 e. The smallest absolute Gasteiger partial charge is 0.297 e. The highest BCUT2D eigenvalue weighted by molar-refractivity contribution is 5.72. The van der Waals surface area contributed by atoms with Crippen LogP contribution in [0.3, 0.4) is 0 Å². The van der Waals surface area contributed by atoms with E-state index in [0.717, 1.165) is 36.5 Å². The Morgan fingerprint density at radius 2 is 1.84 bits per heavy atom. The van der Waals surface area contributed by atoms with Gasteiger partial charge in [0.2, 0.25) is 0 Å². The van der Waals surface area contributed by atoms with Gasteiger partial charge < -0.3 is 0 Å². The number of halogens is 3. The molecule has 0 spiro atoms. The average Bonchev–Trinajstić information content (AvgIpc) is 2.48. The van der Waals surface area contributed by atoms with Crippen LogP contribution in [0.1, 0.15) is 47.0 Å². The van der Waals surface area contributed by atoms with Gasteiger partial charge in [-0.05, 0) is 61.8 Å². The normalized spacial score (nSPS) is 20.5. The first kappa shape index (κ1) is 21.2. The zero-order valence-electron chi connectivity index (χ0n) is 15.7. The highest BCUT2D eigenvalue weighted by Crippen LogP contribution is 2.41. The highest BCUT2D eigenvalue weighted by atomic mass is 19.4. The second-order valence-electron chi connectivity index (χ2n) is 7.06. The van der Waals surface area contributed by atoms with Gasteiger partial charge in [0.05, 0.1) is 5.57 Å². The second kappa shape index (κ2) is 9.02. The molecule has 0 radical (unpaired) electrons. The average molecular weight is 351 g/mol. The first-order chi connectivity index (χ1) is 11.6. The predicted molar refractivity (Wildman–Crippen MR) is 101 cm³/mol. The minimum atomic E-state index is -4.38. The van der Waals surface area contributed by atoms with Crippen molar-refractivity contribution in [2.24, 2.45) is 10.4 Å². The third-order valence-electron chi connectivity index (χ3n) is 4.42. The van der Waals surface area contributed by atoms with Gasteiger partial charge in [-0.1, -0.05) is 43.7 Å². The highest BCUT2D eigenvalue weighted by Gasteiger charge is 2.32. The number of aliphatic imine (C=N–C) groups is 1. The summed E-state index contributed by atoms with van der Waals surface area (Å²) in [7, 11) is 1.64. The molecule has 0 fully saturated rings. The lowest BCUT2D eigenvalue weighted by atomic mass is 9.72. The van der Waals surface area contributed by atoms with E-state index in [2.05, 4.69) is 18.8 Å². The van der Waals surface area contributed by atoms with E-state index in [1.54, 1.807) is 31.5 Å². The molecule has 0 aromatic carbocycles. The molecule has 0 aromatic rings. The molecule has 0 saturated carbocycles. The standard InChI is InChI=1S/C21H28F3N/c1-16(13-15-25-5)8-6-10-18(21(22,23)24)11-12-19-17(2)9-7-14-20(19,3)4/h6,8,10-13,15H,7,9,14H2,1-5H3/b8-6+,12-11+,16-13+,18-10-,25-15?. The van der Waals surface area contributed by atoms with Crippen molar-refractivity contribution in [3.05, 3.63) is 58.7 Å². The number of hydrogen-bond donors (Lipinski definition) is 0. The summed E-state index contributed by atoms with van der Waals surface area (Å²) in [4.78, 5) is 3.81. The summed E-state index contributed by atoms with van der Waals surface area (Å²) in [5, 5.41) is 0. The van der Waals surface area contributed by atoms with E-state index in [1.807, 2.05) is 13.8 Å². The molecule has 0 N–H and O–H groups in total. The lowest BCUT2D eigenvalue weighted by molar-refractivity contribution is -0.0881. The largest absolute Gasteiger partial charge is 0.416 e. The first-order valence-corrected chi connectivity index (χ1v) is 8.51. The number of allylic oxidation sites excluding steroid dienone is 10. The van der Waals surface area contributed by atoms with Crippen LogP contribution >= 0.6 is 0 Å². The molecular formula is C21H28F3N. The van der Waals surface area contributed by atoms with E-state index < -0.39 is 11.7 Å². The van der Waals surface area contributed by atoms with Crippen molar-refractivity contribution >= 4 is 6.21 Å². The zero-order valence-corrected chi connectivity index (χ0v) is 15.7. The quantitative estimate of drug-likeness (QED) is 0.383. The fourth-order valence-electron chi connectivity index (χ4n) is 2.98. The van der Waals surface area contributed by atoms with Gasteiger partial charge in [-0.25, -0.2) is 0 Å². The van der Waals surface area contributed by atoms with Crippen molar-refractivity contribution in [2.75, 3.05) is 7.05 Å². The van der Waals surface area contributed by atoms with E-state index in [1.165, 1.54) is 17.7 Å². The number of alkyl halides is 3. The number of rotatable bonds is 5. The third kappa shape index (κ3) is 6.89. The molecule has 1 nitrogen and oxygen atoms in total. The Balaban J connectivity index is 3.09. The monoisotopic (exact) mass is 351 g/mol. The van der Waals surface area contributed by atoms with Gasteiger partial charge in [0.25, 0.3) is 0 Å².